The normalized spacial score (nSPS) is 20.9. The molecule has 1 aliphatic rings. The van der Waals surface area contributed by atoms with Crippen molar-refractivity contribution in [3.8, 4) is 0 Å². The molecule has 0 aromatic carbocycles. The van der Waals surface area contributed by atoms with Gasteiger partial charge in [0.15, 0.2) is 5.78 Å². The van der Waals surface area contributed by atoms with Crippen molar-refractivity contribution < 1.29 is 4.79 Å². The Hall–Kier alpha value is -0.910. The second-order valence-electron chi connectivity index (χ2n) is 5.78. The second-order valence-corrected chi connectivity index (χ2v) is 6.16. The minimum Gasteiger partial charge on any atom is -0.303 e. The fraction of sp³-hybridized carbons (Fsp3) is 0.733. The number of likely N-dealkylation sites (N-methyl/N-ethyl adjacent to an activating group) is 2. The highest BCUT2D eigenvalue weighted by Gasteiger charge is 2.29. The number of hydrogen-bond acceptors (Lipinski definition) is 4. The van der Waals surface area contributed by atoms with Crippen molar-refractivity contribution in [2.24, 2.45) is 0 Å². The number of carbonyl (C=O) groups excluding carboxylic acids is 1. The van der Waals surface area contributed by atoms with Crippen molar-refractivity contribution in [1.29, 1.82) is 0 Å². The molecule has 0 saturated carbocycles. The van der Waals surface area contributed by atoms with Crippen LogP contribution in [0.2, 0.25) is 5.02 Å². The molecule has 5 nitrogen and oxygen atoms in total. The SMILES string of the molecule is CCc1nn(CC)c(CC(=O)C2CN(C)CCN2C)c1Cl. The van der Waals surface area contributed by atoms with Crippen LogP contribution >= 0.6 is 11.6 Å². The third-order valence-corrected chi connectivity index (χ3v) is 4.69. The van der Waals surface area contributed by atoms with Crippen molar-refractivity contribution in [3.05, 3.63) is 16.4 Å². The van der Waals surface area contributed by atoms with Crippen LogP contribution in [0.4, 0.5) is 0 Å². The van der Waals surface area contributed by atoms with E-state index in [9.17, 15) is 4.79 Å². The van der Waals surface area contributed by atoms with Gasteiger partial charge in [0.25, 0.3) is 0 Å². The molecule has 1 aliphatic heterocycles. The third-order valence-electron chi connectivity index (χ3n) is 4.26. The Morgan fingerprint density at radius 3 is 2.67 bits per heavy atom. The molecule has 2 rings (SSSR count). The van der Waals surface area contributed by atoms with Gasteiger partial charge in [0.1, 0.15) is 0 Å². The number of piperazine rings is 1. The summed E-state index contributed by atoms with van der Waals surface area (Å²) in [5, 5.41) is 5.15. The van der Waals surface area contributed by atoms with Gasteiger partial charge in [-0.25, -0.2) is 0 Å². The molecule has 1 atom stereocenters. The Labute approximate surface area is 131 Å². The minimum atomic E-state index is -0.0508. The summed E-state index contributed by atoms with van der Waals surface area (Å²) in [6.07, 6.45) is 1.15. The maximum absolute atomic E-state index is 12.7. The van der Waals surface area contributed by atoms with Gasteiger partial charge in [-0.2, -0.15) is 5.10 Å². The van der Waals surface area contributed by atoms with Crippen LogP contribution in [0, 0.1) is 0 Å². The molecule has 21 heavy (non-hydrogen) atoms. The lowest BCUT2D eigenvalue weighted by Crippen LogP contribution is -2.54. The quantitative estimate of drug-likeness (QED) is 0.826. The Balaban J connectivity index is 2.17. The lowest BCUT2D eigenvalue weighted by Gasteiger charge is -2.36. The number of nitrogens with zero attached hydrogens (tertiary/aromatic N) is 4. The van der Waals surface area contributed by atoms with Crippen LogP contribution in [0.5, 0.6) is 0 Å². The van der Waals surface area contributed by atoms with E-state index in [1.165, 1.54) is 0 Å². The zero-order valence-electron chi connectivity index (χ0n) is 13.4. The molecule has 0 bridgehead atoms. The van der Waals surface area contributed by atoms with Crippen molar-refractivity contribution in [3.63, 3.8) is 0 Å². The topological polar surface area (TPSA) is 41.4 Å². The highest BCUT2D eigenvalue weighted by atomic mass is 35.5. The number of Topliss-reactive ketones (excluding diaryl/α,β-unsaturated/α-hetero) is 1. The molecule has 0 amide bonds. The standard InChI is InChI=1S/C15H25ClN4O/c1-5-11-15(16)12(20(6-2)17-11)9-14(21)13-10-18(3)7-8-19(13)4/h13H,5-10H2,1-4H3. The van der Waals surface area contributed by atoms with Gasteiger partial charge in [-0.05, 0) is 27.4 Å². The van der Waals surface area contributed by atoms with E-state index in [4.69, 9.17) is 11.6 Å². The lowest BCUT2D eigenvalue weighted by molar-refractivity contribution is -0.125. The highest BCUT2D eigenvalue weighted by molar-refractivity contribution is 6.32. The number of aryl methyl sites for hydroxylation is 2. The molecule has 2 heterocycles. The number of halogens is 1. The van der Waals surface area contributed by atoms with Gasteiger partial charge in [0.05, 0.1) is 28.9 Å². The van der Waals surface area contributed by atoms with Gasteiger partial charge in [0.2, 0.25) is 0 Å². The van der Waals surface area contributed by atoms with Gasteiger partial charge in [-0.3, -0.25) is 14.4 Å². The molecular formula is C15H25ClN4O. The van der Waals surface area contributed by atoms with Crippen LogP contribution in [0.25, 0.3) is 0 Å². The Morgan fingerprint density at radius 1 is 1.33 bits per heavy atom. The van der Waals surface area contributed by atoms with Crippen molar-refractivity contribution in [2.75, 3.05) is 33.7 Å². The van der Waals surface area contributed by atoms with E-state index >= 15 is 0 Å². The monoisotopic (exact) mass is 312 g/mol. The van der Waals surface area contributed by atoms with Crippen LogP contribution in [0.15, 0.2) is 0 Å². The van der Waals surface area contributed by atoms with Gasteiger partial charge < -0.3 is 4.90 Å². The fourth-order valence-electron chi connectivity index (χ4n) is 2.83. The van der Waals surface area contributed by atoms with Gasteiger partial charge in [-0.1, -0.05) is 18.5 Å². The molecule has 1 aromatic heterocycles. The zero-order valence-corrected chi connectivity index (χ0v) is 14.2. The molecule has 1 saturated heterocycles. The largest absolute Gasteiger partial charge is 0.303 e. The summed E-state index contributed by atoms with van der Waals surface area (Å²) in [5.74, 6) is 0.225. The summed E-state index contributed by atoms with van der Waals surface area (Å²) in [6.45, 7) is 7.51. The average molecular weight is 313 g/mol. The summed E-state index contributed by atoms with van der Waals surface area (Å²) in [5.41, 5.74) is 1.75. The first-order chi connectivity index (χ1) is 9.97. The van der Waals surface area contributed by atoms with E-state index in [1.807, 2.05) is 25.6 Å². The number of hydrogen-bond donors (Lipinski definition) is 0. The first-order valence-electron chi connectivity index (χ1n) is 7.63. The summed E-state index contributed by atoms with van der Waals surface area (Å²) >= 11 is 6.40. The van der Waals surface area contributed by atoms with E-state index in [0.717, 1.165) is 44.0 Å². The minimum absolute atomic E-state index is 0.0508. The predicted molar refractivity (Wildman–Crippen MR) is 84.9 cm³/mol. The summed E-state index contributed by atoms with van der Waals surface area (Å²) in [6, 6.07) is -0.0508. The lowest BCUT2D eigenvalue weighted by atomic mass is 10.0. The molecule has 0 aliphatic carbocycles. The summed E-state index contributed by atoms with van der Waals surface area (Å²) in [7, 11) is 4.08. The maximum atomic E-state index is 12.7. The van der Waals surface area contributed by atoms with Crippen molar-refractivity contribution in [2.45, 2.75) is 39.3 Å². The van der Waals surface area contributed by atoms with E-state index in [1.54, 1.807) is 0 Å². The molecule has 6 heteroatoms. The highest BCUT2D eigenvalue weighted by Crippen LogP contribution is 2.23. The van der Waals surface area contributed by atoms with Gasteiger partial charge in [0, 0.05) is 26.2 Å². The Kier molecular flexibility index (Phi) is 5.41. The number of rotatable bonds is 5. The fourth-order valence-corrected chi connectivity index (χ4v) is 3.16. The maximum Gasteiger partial charge on any atom is 0.157 e. The third kappa shape index (κ3) is 3.47. The molecule has 0 radical (unpaired) electrons. The second kappa shape index (κ2) is 6.90. The molecule has 1 fully saturated rings. The van der Waals surface area contributed by atoms with Crippen LogP contribution in [0.1, 0.15) is 25.2 Å². The van der Waals surface area contributed by atoms with Crippen molar-refractivity contribution >= 4 is 17.4 Å². The summed E-state index contributed by atoms with van der Waals surface area (Å²) < 4.78 is 1.87. The number of carbonyl (C=O) groups is 1. The smallest absolute Gasteiger partial charge is 0.157 e. The Bertz CT molecular complexity index is 514. The molecule has 1 aromatic rings. The van der Waals surface area contributed by atoms with Gasteiger partial charge >= 0.3 is 0 Å². The van der Waals surface area contributed by atoms with Crippen molar-refractivity contribution in [1.82, 2.24) is 19.6 Å². The van der Waals surface area contributed by atoms with Crippen LogP contribution < -0.4 is 0 Å². The zero-order chi connectivity index (χ0) is 15.6. The van der Waals surface area contributed by atoms with E-state index in [0.29, 0.717) is 11.4 Å². The van der Waals surface area contributed by atoms with E-state index in [2.05, 4.69) is 21.9 Å². The molecule has 118 valence electrons. The predicted octanol–water partition coefficient (Wildman–Crippen LogP) is 1.48. The van der Waals surface area contributed by atoms with Crippen LogP contribution in [0.3, 0.4) is 0 Å². The average Bonchev–Trinajstić information content (AvgIpc) is 2.77. The van der Waals surface area contributed by atoms with E-state index in [-0.39, 0.29) is 11.8 Å². The van der Waals surface area contributed by atoms with Crippen LogP contribution in [-0.4, -0.2) is 65.1 Å². The van der Waals surface area contributed by atoms with Crippen LogP contribution in [-0.2, 0) is 24.2 Å². The van der Waals surface area contributed by atoms with E-state index < -0.39 is 0 Å². The Morgan fingerprint density at radius 2 is 2.05 bits per heavy atom. The molecule has 0 spiro atoms. The first-order valence-corrected chi connectivity index (χ1v) is 8.01. The number of ketones is 1. The molecule has 1 unspecified atom stereocenters. The molecule has 0 N–H and O–H groups in total. The molecular weight excluding hydrogens is 288 g/mol. The summed E-state index contributed by atoms with van der Waals surface area (Å²) in [4.78, 5) is 17.0. The number of aromatic nitrogens is 2. The van der Waals surface area contributed by atoms with Gasteiger partial charge in [-0.15, -0.1) is 0 Å². The first kappa shape index (κ1) is 16.5.